The molecule has 88 valence electrons. The van der Waals surface area contributed by atoms with Crippen molar-refractivity contribution >= 4 is 11.6 Å². The van der Waals surface area contributed by atoms with E-state index in [4.69, 9.17) is 0 Å². The van der Waals surface area contributed by atoms with Gasteiger partial charge in [-0.3, -0.25) is 10.1 Å². The van der Waals surface area contributed by atoms with E-state index in [9.17, 15) is 10.1 Å². The topological polar surface area (TPSA) is 73.0 Å². The molecule has 2 aromatic rings. The van der Waals surface area contributed by atoms with E-state index in [1.807, 2.05) is 23.9 Å². The molecule has 1 N–H and O–H groups in total. The highest BCUT2D eigenvalue weighted by atomic mass is 16.6. The highest BCUT2D eigenvalue weighted by Crippen LogP contribution is 2.14. The van der Waals surface area contributed by atoms with Crippen LogP contribution in [-0.4, -0.2) is 14.5 Å². The Morgan fingerprint density at radius 2 is 2.35 bits per heavy atom. The molecule has 0 saturated heterocycles. The minimum atomic E-state index is -0.399. The van der Waals surface area contributed by atoms with Crippen molar-refractivity contribution in [3.05, 3.63) is 52.3 Å². The van der Waals surface area contributed by atoms with Gasteiger partial charge in [0.2, 0.25) is 5.95 Å². The van der Waals surface area contributed by atoms with E-state index in [0.717, 1.165) is 11.5 Å². The Morgan fingerprint density at radius 1 is 1.53 bits per heavy atom. The van der Waals surface area contributed by atoms with Crippen LogP contribution in [0.3, 0.4) is 0 Å². The Morgan fingerprint density at radius 3 is 3.00 bits per heavy atom. The van der Waals surface area contributed by atoms with E-state index < -0.39 is 4.92 Å². The monoisotopic (exact) mass is 232 g/mol. The average molecular weight is 232 g/mol. The van der Waals surface area contributed by atoms with E-state index in [-0.39, 0.29) is 5.69 Å². The molecule has 0 amide bonds. The molecular formula is C11H12N4O2. The second-order valence-corrected chi connectivity index (χ2v) is 3.64. The van der Waals surface area contributed by atoms with Gasteiger partial charge in [-0.25, -0.2) is 4.98 Å². The molecule has 1 aromatic heterocycles. The van der Waals surface area contributed by atoms with E-state index in [0.29, 0.717) is 6.54 Å². The Hall–Kier alpha value is -2.37. The van der Waals surface area contributed by atoms with Gasteiger partial charge in [-0.05, 0) is 5.56 Å². The summed E-state index contributed by atoms with van der Waals surface area (Å²) in [5.41, 5.74) is 0.950. The molecule has 0 aliphatic rings. The Bertz CT molecular complexity index is 536. The van der Waals surface area contributed by atoms with Gasteiger partial charge in [-0.2, -0.15) is 0 Å². The summed E-state index contributed by atoms with van der Waals surface area (Å²) in [4.78, 5) is 14.3. The van der Waals surface area contributed by atoms with Crippen LogP contribution in [0, 0.1) is 10.1 Å². The fourth-order valence-electron chi connectivity index (χ4n) is 1.50. The third-order valence-electron chi connectivity index (χ3n) is 2.39. The lowest BCUT2D eigenvalue weighted by atomic mass is 10.2. The van der Waals surface area contributed by atoms with Crippen LogP contribution in [0.2, 0.25) is 0 Å². The molecule has 0 unspecified atom stereocenters. The molecule has 0 spiro atoms. The summed E-state index contributed by atoms with van der Waals surface area (Å²) in [5, 5.41) is 13.7. The first-order valence-corrected chi connectivity index (χ1v) is 5.11. The maximum absolute atomic E-state index is 10.6. The molecular weight excluding hydrogens is 220 g/mol. The smallest absolute Gasteiger partial charge is 0.269 e. The number of non-ortho nitro benzene ring substituents is 1. The third kappa shape index (κ3) is 2.60. The number of imidazole rings is 1. The highest BCUT2D eigenvalue weighted by molar-refractivity contribution is 5.36. The largest absolute Gasteiger partial charge is 0.352 e. The predicted octanol–water partition coefficient (Wildman–Crippen LogP) is 1.94. The van der Waals surface area contributed by atoms with Crippen molar-refractivity contribution in [1.82, 2.24) is 9.55 Å². The molecule has 0 bridgehead atoms. The first kappa shape index (κ1) is 11.1. The highest BCUT2D eigenvalue weighted by Gasteiger charge is 2.05. The third-order valence-corrected chi connectivity index (χ3v) is 2.39. The van der Waals surface area contributed by atoms with Crippen molar-refractivity contribution in [2.24, 2.45) is 7.05 Å². The number of anilines is 1. The lowest BCUT2D eigenvalue weighted by Crippen LogP contribution is -2.04. The molecule has 0 atom stereocenters. The van der Waals surface area contributed by atoms with E-state index in [2.05, 4.69) is 10.3 Å². The maximum Gasteiger partial charge on any atom is 0.269 e. The first-order valence-electron chi connectivity index (χ1n) is 5.11. The number of aryl methyl sites for hydroxylation is 1. The quantitative estimate of drug-likeness (QED) is 0.645. The van der Waals surface area contributed by atoms with Crippen molar-refractivity contribution < 1.29 is 4.92 Å². The van der Waals surface area contributed by atoms with Gasteiger partial charge >= 0.3 is 0 Å². The lowest BCUT2D eigenvalue weighted by Gasteiger charge is -2.05. The zero-order valence-electron chi connectivity index (χ0n) is 9.33. The van der Waals surface area contributed by atoms with Crippen LogP contribution in [0.5, 0.6) is 0 Å². The van der Waals surface area contributed by atoms with Crippen LogP contribution < -0.4 is 5.32 Å². The Balaban J connectivity index is 2.07. The van der Waals surface area contributed by atoms with E-state index in [1.54, 1.807) is 18.3 Å². The number of hydrogen-bond donors (Lipinski definition) is 1. The van der Waals surface area contributed by atoms with Crippen molar-refractivity contribution in [3.8, 4) is 0 Å². The summed E-state index contributed by atoms with van der Waals surface area (Å²) in [7, 11) is 1.88. The van der Waals surface area contributed by atoms with Gasteiger partial charge in [-0.15, -0.1) is 0 Å². The molecule has 0 aliphatic heterocycles. The molecule has 0 saturated carbocycles. The lowest BCUT2D eigenvalue weighted by molar-refractivity contribution is -0.384. The van der Waals surface area contributed by atoms with E-state index >= 15 is 0 Å². The minimum Gasteiger partial charge on any atom is -0.352 e. The molecule has 6 heteroatoms. The molecule has 1 heterocycles. The van der Waals surface area contributed by atoms with Crippen molar-refractivity contribution in [3.63, 3.8) is 0 Å². The molecule has 17 heavy (non-hydrogen) atoms. The summed E-state index contributed by atoms with van der Waals surface area (Å²) in [6, 6.07) is 6.54. The van der Waals surface area contributed by atoms with Gasteiger partial charge in [0.1, 0.15) is 0 Å². The number of benzene rings is 1. The zero-order valence-corrected chi connectivity index (χ0v) is 9.33. The zero-order chi connectivity index (χ0) is 12.3. The molecule has 0 aliphatic carbocycles. The summed E-state index contributed by atoms with van der Waals surface area (Å²) in [5.74, 6) is 0.733. The number of rotatable bonds is 4. The van der Waals surface area contributed by atoms with Crippen molar-refractivity contribution in [2.45, 2.75) is 6.54 Å². The van der Waals surface area contributed by atoms with Crippen LogP contribution in [0.1, 0.15) is 5.56 Å². The van der Waals surface area contributed by atoms with Crippen LogP contribution in [0.4, 0.5) is 11.6 Å². The minimum absolute atomic E-state index is 0.101. The molecule has 2 rings (SSSR count). The maximum atomic E-state index is 10.6. The SMILES string of the molecule is Cn1ccnc1NCc1cccc([N+](=O)[O-])c1. The Kier molecular flexibility index (Phi) is 3.04. The number of nitro benzene ring substituents is 1. The van der Waals surface area contributed by atoms with Gasteiger partial charge in [-0.1, -0.05) is 12.1 Å². The van der Waals surface area contributed by atoms with Crippen LogP contribution in [0.25, 0.3) is 0 Å². The predicted molar refractivity (Wildman–Crippen MR) is 63.6 cm³/mol. The average Bonchev–Trinajstić information content (AvgIpc) is 2.72. The van der Waals surface area contributed by atoms with Crippen molar-refractivity contribution in [2.75, 3.05) is 5.32 Å². The normalized spacial score (nSPS) is 10.2. The summed E-state index contributed by atoms with van der Waals surface area (Å²) < 4.78 is 1.84. The van der Waals surface area contributed by atoms with Crippen molar-refractivity contribution in [1.29, 1.82) is 0 Å². The van der Waals surface area contributed by atoms with Crippen LogP contribution in [-0.2, 0) is 13.6 Å². The van der Waals surface area contributed by atoms with Gasteiger partial charge in [0.05, 0.1) is 4.92 Å². The van der Waals surface area contributed by atoms with Gasteiger partial charge in [0, 0.05) is 38.1 Å². The number of nitrogens with one attached hydrogen (secondary N) is 1. The standard InChI is InChI=1S/C11H12N4O2/c1-14-6-5-12-11(14)13-8-9-3-2-4-10(7-9)15(16)17/h2-7H,8H2,1H3,(H,12,13). The fourth-order valence-corrected chi connectivity index (χ4v) is 1.50. The second kappa shape index (κ2) is 4.65. The van der Waals surface area contributed by atoms with E-state index in [1.165, 1.54) is 6.07 Å². The van der Waals surface area contributed by atoms with Crippen LogP contribution in [0.15, 0.2) is 36.7 Å². The van der Waals surface area contributed by atoms with Gasteiger partial charge in [0.25, 0.3) is 5.69 Å². The van der Waals surface area contributed by atoms with Crippen LogP contribution >= 0.6 is 0 Å². The summed E-state index contributed by atoms with van der Waals surface area (Å²) in [6.07, 6.45) is 3.52. The van der Waals surface area contributed by atoms with Gasteiger partial charge < -0.3 is 9.88 Å². The summed E-state index contributed by atoms with van der Waals surface area (Å²) in [6.45, 7) is 0.506. The molecule has 0 radical (unpaired) electrons. The molecule has 0 fully saturated rings. The number of nitrogens with zero attached hydrogens (tertiary/aromatic N) is 3. The number of hydrogen-bond acceptors (Lipinski definition) is 4. The fraction of sp³-hybridized carbons (Fsp3) is 0.182. The van der Waals surface area contributed by atoms with Gasteiger partial charge in [0.15, 0.2) is 0 Å². The molecule has 1 aromatic carbocycles. The number of nitro groups is 1. The molecule has 6 nitrogen and oxygen atoms in total. The number of aromatic nitrogens is 2. The Labute approximate surface area is 98.1 Å². The summed E-state index contributed by atoms with van der Waals surface area (Å²) >= 11 is 0. The second-order valence-electron chi connectivity index (χ2n) is 3.64. The first-order chi connectivity index (χ1) is 8.16.